The van der Waals surface area contributed by atoms with Crippen LogP contribution in [0.25, 0.3) is 23.2 Å². The van der Waals surface area contributed by atoms with Gasteiger partial charge in [0.2, 0.25) is 5.88 Å². The molecule has 29 heavy (non-hydrogen) atoms. The maximum absolute atomic E-state index is 6.29. The molecule has 1 heterocycles. The first-order chi connectivity index (χ1) is 14.1. The van der Waals surface area contributed by atoms with Gasteiger partial charge < -0.3 is 4.74 Å². The molecule has 144 valence electrons. The van der Waals surface area contributed by atoms with Gasteiger partial charge >= 0.3 is 0 Å². The Labute approximate surface area is 179 Å². The number of para-hydroxylation sites is 2. The van der Waals surface area contributed by atoms with Crippen LogP contribution in [0.15, 0.2) is 72.8 Å². The Hall–Kier alpha value is -2.88. The van der Waals surface area contributed by atoms with E-state index in [-0.39, 0.29) is 6.10 Å². The van der Waals surface area contributed by atoms with E-state index in [0.29, 0.717) is 21.6 Å². The van der Waals surface area contributed by atoms with Crippen LogP contribution in [0.4, 0.5) is 0 Å². The lowest BCUT2D eigenvalue weighted by Crippen LogP contribution is -2.06. The van der Waals surface area contributed by atoms with Crippen LogP contribution in [0.5, 0.6) is 5.88 Å². The first kappa shape index (κ1) is 19.4. The van der Waals surface area contributed by atoms with Crippen molar-refractivity contribution < 1.29 is 4.74 Å². The fourth-order valence-corrected chi connectivity index (χ4v) is 3.43. The highest BCUT2D eigenvalue weighted by atomic mass is 35.5. The topological polar surface area (TPSA) is 35.0 Å². The van der Waals surface area contributed by atoms with Crippen molar-refractivity contribution in [2.45, 2.75) is 13.0 Å². The average Bonchev–Trinajstić information content (AvgIpc) is 2.73. The molecule has 3 aromatic carbocycles. The predicted octanol–water partition coefficient (Wildman–Crippen LogP) is 7.25. The second kappa shape index (κ2) is 8.64. The van der Waals surface area contributed by atoms with Crippen molar-refractivity contribution in [3.8, 4) is 5.88 Å². The van der Waals surface area contributed by atoms with Crippen molar-refractivity contribution in [1.29, 1.82) is 0 Å². The molecule has 0 radical (unpaired) electrons. The summed E-state index contributed by atoms with van der Waals surface area (Å²) >= 11 is 12.3. The molecule has 1 atom stereocenters. The summed E-state index contributed by atoms with van der Waals surface area (Å²) in [5.74, 6) is 0.474. The zero-order valence-electron chi connectivity index (χ0n) is 15.7. The number of nitrogens with zero attached hydrogens (tertiary/aromatic N) is 2. The summed E-state index contributed by atoms with van der Waals surface area (Å²) in [6.45, 7) is 2.00. The maximum atomic E-state index is 6.29. The second-order valence-corrected chi connectivity index (χ2v) is 7.42. The van der Waals surface area contributed by atoms with Gasteiger partial charge in [-0.1, -0.05) is 77.8 Å². The van der Waals surface area contributed by atoms with Crippen LogP contribution in [0.3, 0.4) is 0 Å². The van der Waals surface area contributed by atoms with Crippen molar-refractivity contribution in [1.82, 2.24) is 9.97 Å². The molecule has 1 aromatic heterocycles. The van der Waals surface area contributed by atoms with Crippen LogP contribution in [-0.4, -0.2) is 9.97 Å². The Morgan fingerprint density at radius 3 is 2.24 bits per heavy atom. The van der Waals surface area contributed by atoms with Gasteiger partial charge in [0, 0.05) is 10.0 Å². The van der Waals surface area contributed by atoms with Gasteiger partial charge in [0.15, 0.2) is 0 Å². The summed E-state index contributed by atoms with van der Waals surface area (Å²) in [5.41, 5.74) is 4.13. The van der Waals surface area contributed by atoms with Gasteiger partial charge in [-0.05, 0) is 48.4 Å². The van der Waals surface area contributed by atoms with Gasteiger partial charge in [-0.2, -0.15) is 0 Å². The molecule has 0 aliphatic rings. The smallest absolute Gasteiger partial charge is 0.241 e. The van der Waals surface area contributed by atoms with Crippen LogP contribution in [0.2, 0.25) is 10.0 Å². The molecule has 0 saturated carbocycles. The number of hydrogen-bond donors (Lipinski definition) is 0. The summed E-state index contributed by atoms with van der Waals surface area (Å²) in [7, 11) is 0. The Kier molecular flexibility index (Phi) is 5.79. The van der Waals surface area contributed by atoms with Crippen LogP contribution in [0, 0.1) is 0 Å². The first-order valence-electron chi connectivity index (χ1n) is 9.21. The van der Waals surface area contributed by atoms with E-state index >= 15 is 0 Å². The molecule has 0 aliphatic carbocycles. The average molecular weight is 421 g/mol. The van der Waals surface area contributed by atoms with Crippen LogP contribution < -0.4 is 4.74 Å². The SMILES string of the molecule is C[C@H](Oc1nc2ccccc2nc1/C=C/c1ccc(Cl)cc1Cl)c1ccccc1. The van der Waals surface area contributed by atoms with Gasteiger partial charge in [0.1, 0.15) is 11.8 Å². The zero-order chi connectivity index (χ0) is 20.2. The van der Waals surface area contributed by atoms with Crippen molar-refractivity contribution in [3.63, 3.8) is 0 Å². The van der Waals surface area contributed by atoms with Crippen molar-refractivity contribution in [2.24, 2.45) is 0 Å². The molecular formula is C24H18Cl2N2O. The first-order valence-corrected chi connectivity index (χ1v) is 9.97. The minimum Gasteiger partial charge on any atom is -0.468 e. The standard InChI is InChI=1S/C24H18Cl2N2O/c1-16(17-7-3-2-4-8-17)29-24-23(27-21-9-5-6-10-22(21)28-24)14-12-18-11-13-19(25)15-20(18)26/h2-16H,1H3/b14-12+/t16-/m0/s1. The number of ether oxygens (including phenoxy) is 1. The van der Waals surface area contributed by atoms with Gasteiger partial charge in [0.05, 0.1) is 11.0 Å². The molecule has 3 nitrogen and oxygen atoms in total. The fourth-order valence-electron chi connectivity index (χ4n) is 2.96. The highest BCUT2D eigenvalue weighted by molar-refractivity contribution is 6.35. The Morgan fingerprint density at radius 1 is 0.828 bits per heavy atom. The summed E-state index contributed by atoms with van der Waals surface area (Å²) in [6.07, 6.45) is 3.58. The predicted molar refractivity (Wildman–Crippen MR) is 120 cm³/mol. The number of aromatic nitrogens is 2. The van der Waals surface area contributed by atoms with Crippen LogP contribution >= 0.6 is 23.2 Å². The highest BCUT2D eigenvalue weighted by Crippen LogP contribution is 2.28. The monoisotopic (exact) mass is 420 g/mol. The fraction of sp³-hybridized carbons (Fsp3) is 0.0833. The maximum Gasteiger partial charge on any atom is 0.241 e. The molecule has 5 heteroatoms. The molecule has 0 amide bonds. The van der Waals surface area contributed by atoms with E-state index in [9.17, 15) is 0 Å². The molecule has 0 unspecified atom stereocenters. The molecule has 0 N–H and O–H groups in total. The van der Waals surface area contributed by atoms with Gasteiger partial charge in [-0.15, -0.1) is 0 Å². The van der Waals surface area contributed by atoms with Crippen LogP contribution in [0.1, 0.15) is 29.8 Å². The van der Waals surface area contributed by atoms with E-state index in [4.69, 9.17) is 37.9 Å². The lowest BCUT2D eigenvalue weighted by atomic mass is 10.1. The van der Waals surface area contributed by atoms with Gasteiger partial charge in [-0.3, -0.25) is 0 Å². The minimum absolute atomic E-state index is 0.169. The Bertz CT molecular complexity index is 1180. The normalized spacial score (nSPS) is 12.4. The number of fused-ring (bicyclic) bond motifs is 1. The van der Waals surface area contributed by atoms with E-state index < -0.39 is 0 Å². The molecule has 0 bridgehead atoms. The summed E-state index contributed by atoms with van der Waals surface area (Å²) in [5, 5.41) is 1.17. The number of halogens is 2. The quantitative estimate of drug-likeness (QED) is 0.341. The van der Waals surface area contributed by atoms with Gasteiger partial charge in [-0.25, -0.2) is 9.97 Å². The van der Waals surface area contributed by atoms with E-state index in [1.54, 1.807) is 12.1 Å². The van der Waals surface area contributed by atoms with Crippen molar-refractivity contribution >= 4 is 46.4 Å². The zero-order valence-corrected chi connectivity index (χ0v) is 17.2. The second-order valence-electron chi connectivity index (χ2n) is 6.57. The summed E-state index contributed by atoms with van der Waals surface area (Å²) in [6, 6.07) is 23.1. The minimum atomic E-state index is -0.169. The summed E-state index contributed by atoms with van der Waals surface area (Å²) < 4.78 is 6.20. The van der Waals surface area contributed by atoms with E-state index in [1.807, 2.05) is 79.7 Å². The summed E-state index contributed by atoms with van der Waals surface area (Å²) in [4.78, 5) is 9.44. The highest BCUT2D eigenvalue weighted by Gasteiger charge is 2.13. The third kappa shape index (κ3) is 4.58. The van der Waals surface area contributed by atoms with E-state index in [0.717, 1.165) is 22.2 Å². The van der Waals surface area contributed by atoms with E-state index in [1.165, 1.54) is 0 Å². The lowest BCUT2D eigenvalue weighted by molar-refractivity contribution is 0.217. The van der Waals surface area contributed by atoms with E-state index in [2.05, 4.69) is 0 Å². The molecule has 4 rings (SSSR count). The van der Waals surface area contributed by atoms with Gasteiger partial charge in [0.25, 0.3) is 0 Å². The molecule has 4 aromatic rings. The molecule has 0 saturated heterocycles. The van der Waals surface area contributed by atoms with Crippen LogP contribution in [-0.2, 0) is 0 Å². The molecular weight excluding hydrogens is 403 g/mol. The number of hydrogen-bond acceptors (Lipinski definition) is 3. The number of rotatable bonds is 5. The number of benzene rings is 3. The third-order valence-corrected chi connectivity index (χ3v) is 5.07. The Balaban J connectivity index is 1.73. The largest absolute Gasteiger partial charge is 0.468 e. The Morgan fingerprint density at radius 2 is 1.52 bits per heavy atom. The lowest BCUT2D eigenvalue weighted by Gasteiger charge is -2.16. The third-order valence-electron chi connectivity index (χ3n) is 4.50. The molecule has 0 spiro atoms. The molecule has 0 aliphatic heterocycles. The molecule has 0 fully saturated rings. The van der Waals surface area contributed by atoms with Crippen molar-refractivity contribution in [2.75, 3.05) is 0 Å². The van der Waals surface area contributed by atoms with Crippen molar-refractivity contribution in [3.05, 3.63) is 99.7 Å².